The lowest BCUT2D eigenvalue weighted by molar-refractivity contribution is 0.147. The van der Waals surface area contributed by atoms with Gasteiger partial charge in [0.15, 0.2) is 0 Å². The van der Waals surface area contributed by atoms with E-state index in [0.717, 1.165) is 17.5 Å². The molecule has 0 fully saturated rings. The Morgan fingerprint density at radius 1 is 1.31 bits per heavy atom. The van der Waals surface area contributed by atoms with E-state index in [9.17, 15) is 18.8 Å². The summed E-state index contributed by atoms with van der Waals surface area (Å²) in [7, 11) is 1.33. The van der Waals surface area contributed by atoms with Crippen LogP contribution in [0.3, 0.4) is 0 Å². The fraction of sp³-hybridized carbons (Fsp3) is 0.316. The summed E-state index contributed by atoms with van der Waals surface area (Å²) in [4.78, 5) is 11.7. The van der Waals surface area contributed by atoms with Crippen LogP contribution in [0.15, 0.2) is 36.4 Å². The van der Waals surface area contributed by atoms with Crippen molar-refractivity contribution in [1.82, 2.24) is 5.32 Å². The maximum Gasteiger partial charge on any atom is 0.345 e. The van der Waals surface area contributed by atoms with Crippen molar-refractivity contribution in [3.63, 3.8) is 0 Å². The van der Waals surface area contributed by atoms with Crippen LogP contribution < -0.4 is 15.1 Å². The molecule has 0 bridgehead atoms. The Bertz CT molecular complexity index is 781. The number of carbonyl (C=O) groups is 1. The number of benzene rings is 2. The molecule has 2 N–H and O–H groups in total. The molecule has 0 aliphatic carbocycles. The number of nitrogens with zero attached hydrogens (tertiary/aromatic N) is 1. The average Bonchev–Trinajstić information content (AvgIpc) is 2.65. The van der Waals surface area contributed by atoms with Crippen LogP contribution in [0.2, 0.25) is 0 Å². The molecule has 2 amide bonds. The number of hydroxylamine groups is 1. The Morgan fingerprint density at radius 2 is 2.04 bits per heavy atom. The molecule has 140 valence electrons. The van der Waals surface area contributed by atoms with Gasteiger partial charge in [0.2, 0.25) is 0 Å². The lowest BCUT2D eigenvalue weighted by Crippen LogP contribution is -2.36. The molecule has 2 rings (SSSR count). The topological polar surface area (TPSA) is 61.8 Å². The number of rotatable bonds is 6. The maximum absolute atomic E-state index is 13.4. The molecular formula is C19H22F2N2O3. The van der Waals surface area contributed by atoms with Crippen molar-refractivity contribution < 1.29 is 23.5 Å². The largest absolute Gasteiger partial charge is 0.489 e. The molecule has 0 saturated carbocycles. The number of hydrogen-bond acceptors (Lipinski definition) is 3. The van der Waals surface area contributed by atoms with Gasteiger partial charge in [0.05, 0.1) is 5.69 Å². The summed E-state index contributed by atoms with van der Waals surface area (Å²) in [6, 6.07) is 8.82. The highest BCUT2D eigenvalue weighted by atomic mass is 19.3. The molecule has 0 aliphatic rings. The zero-order valence-corrected chi connectivity index (χ0v) is 14.9. The Labute approximate surface area is 151 Å². The second-order valence-corrected chi connectivity index (χ2v) is 5.75. The van der Waals surface area contributed by atoms with Crippen LogP contribution in [0.4, 0.5) is 19.3 Å². The lowest BCUT2D eigenvalue weighted by atomic mass is 10.1. The fourth-order valence-electron chi connectivity index (χ4n) is 2.61. The molecule has 7 heteroatoms. The number of halogens is 2. The zero-order chi connectivity index (χ0) is 19.3. The van der Waals surface area contributed by atoms with Crippen LogP contribution >= 0.6 is 0 Å². The molecule has 2 aromatic rings. The number of amides is 2. The second-order valence-electron chi connectivity index (χ2n) is 5.75. The first-order valence-corrected chi connectivity index (χ1v) is 8.22. The molecule has 0 aromatic heterocycles. The average molecular weight is 364 g/mol. The van der Waals surface area contributed by atoms with Gasteiger partial charge in [-0.2, -0.15) is 5.06 Å². The van der Waals surface area contributed by atoms with Gasteiger partial charge in [-0.15, -0.1) is 0 Å². The van der Waals surface area contributed by atoms with Gasteiger partial charge in [0.25, 0.3) is 6.43 Å². The van der Waals surface area contributed by atoms with Crippen LogP contribution in [0, 0.1) is 6.92 Å². The van der Waals surface area contributed by atoms with E-state index < -0.39 is 12.5 Å². The number of anilines is 1. The van der Waals surface area contributed by atoms with E-state index in [0.29, 0.717) is 10.8 Å². The van der Waals surface area contributed by atoms with Gasteiger partial charge in [-0.3, -0.25) is 5.21 Å². The third kappa shape index (κ3) is 4.29. The number of alkyl halides is 2. The van der Waals surface area contributed by atoms with Gasteiger partial charge in [0, 0.05) is 18.2 Å². The van der Waals surface area contributed by atoms with Crippen molar-refractivity contribution >= 4 is 11.7 Å². The third-order valence-corrected chi connectivity index (χ3v) is 4.08. The Kier molecular flexibility index (Phi) is 6.52. The van der Waals surface area contributed by atoms with Crippen LogP contribution in [0.25, 0.3) is 0 Å². The first-order chi connectivity index (χ1) is 12.4. The number of nitrogens with one attached hydrogen (secondary N) is 1. The van der Waals surface area contributed by atoms with Gasteiger partial charge in [-0.25, -0.2) is 13.6 Å². The van der Waals surface area contributed by atoms with Crippen molar-refractivity contribution in [2.75, 3.05) is 12.1 Å². The van der Waals surface area contributed by atoms with E-state index in [4.69, 9.17) is 4.74 Å². The van der Waals surface area contributed by atoms with Gasteiger partial charge >= 0.3 is 6.03 Å². The van der Waals surface area contributed by atoms with Gasteiger partial charge in [-0.05, 0) is 36.6 Å². The van der Waals surface area contributed by atoms with Crippen molar-refractivity contribution in [2.24, 2.45) is 0 Å². The first-order valence-electron chi connectivity index (χ1n) is 8.22. The van der Waals surface area contributed by atoms with Crippen molar-refractivity contribution in [1.29, 1.82) is 0 Å². The van der Waals surface area contributed by atoms with Crippen LogP contribution in [0.1, 0.15) is 35.6 Å². The summed E-state index contributed by atoms with van der Waals surface area (Å²) in [5.41, 5.74) is 1.73. The van der Waals surface area contributed by atoms with E-state index in [1.54, 1.807) is 6.07 Å². The minimum Gasteiger partial charge on any atom is -0.489 e. The minimum absolute atomic E-state index is 0.0487. The highest BCUT2D eigenvalue weighted by Gasteiger charge is 2.22. The monoisotopic (exact) mass is 364 g/mol. The fourth-order valence-corrected chi connectivity index (χ4v) is 2.61. The Morgan fingerprint density at radius 3 is 2.62 bits per heavy atom. The number of aryl methyl sites for hydroxylation is 2. The zero-order valence-electron chi connectivity index (χ0n) is 14.9. The van der Waals surface area contributed by atoms with Crippen LogP contribution in [-0.4, -0.2) is 18.3 Å². The smallest absolute Gasteiger partial charge is 0.345 e. The van der Waals surface area contributed by atoms with E-state index in [2.05, 4.69) is 5.32 Å². The molecule has 26 heavy (non-hydrogen) atoms. The summed E-state index contributed by atoms with van der Waals surface area (Å²) < 4.78 is 32.5. The molecule has 0 saturated heterocycles. The predicted octanol–water partition coefficient (Wildman–Crippen LogP) is 4.61. The maximum atomic E-state index is 13.4. The molecule has 5 nitrogen and oxygen atoms in total. The van der Waals surface area contributed by atoms with E-state index >= 15 is 0 Å². The second kappa shape index (κ2) is 8.62. The van der Waals surface area contributed by atoms with Crippen molar-refractivity contribution in [3.05, 3.63) is 58.7 Å². The van der Waals surface area contributed by atoms with Gasteiger partial charge < -0.3 is 10.1 Å². The van der Waals surface area contributed by atoms with Crippen molar-refractivity contribution in [2.45, 2.75) is 33.3 Å². The summed E-state index contributed by atoms with van der Waals surface area (Å²) in [6.07, 6.45) is -1.89. The minimum atomic E-state index is -2.77. The predicted molar refractivity (Wildman–Crippen MR) is 95.0 cm³/mol. The normalized spacial score (nSPS) is 10.7. The van der Waals surface area contributed by atoms with E-state index in [1.165, 1.54) is 25.2 Å². The van der Waals surface area contributed by atoms with Crippen molar-refractivity contribution in [3.8, 4) is 5.75 Å². The third-order valence-electron chi connectivity index (χ3n) is 4.08. The Hall–Kier alpha value is -2.67. The lowest BCUT2D eigenvalue weighted by Gasteiger charge is -2.21. The number of ether oxygens (including phenoxy) is 1. The van der Waals surface area contributed by atoms with Gasteiger partial charge in [-0.1, -0.05) is 31.2 Å². The van der Waals surface area contributed by atoms with Gasteiger partial charge in [0.1, 0.15) is 12.4 Å². The van der Waals surface area contributed by atoms with Crippen LogP contribution in [0.5, 0.6) is 5.75 Å². The summed E-state index contributed by atoms with van der Waals surface area (Å²) in [6.45, 7) is 3.70. The molecule has 0 unspecified atom stereocenters. The molecule has 2 aromatic carbocycles. The summed E-state index contributed by atoms with van der Waals surface area (Å²) >= 11 is 0. The molecule has 0 aliphatic heterocycles. The number of urea groups is 1. The SMILES string of the molecule is CCc1ccc(OCc2c(C(F)F)cccc2N(O)C(=O)NC)c(C)c1. The number of carbonyl (C=O) groups excluding carboxylic acids is 1. The summed E-state index contributed by atoms with van der Waals surface area (Å²) in [5.74, 6) is 0.557. The molecule has 0 heterocycles. The van der Waals surface area contributed by atoms with Crippen LogP contribution in [-0.2, 0) is 13.0 Å². The first kappa shape index (κ1) is 19.7. The van der Waals surface area contributed by atoms with E-state index in [-0.39, 0.29) is 23.4 Å². The molecule has 0 atom stereocenters. The highest BCUT2D eigenvalue weighted by molar-refractivity contribution is 5.90. The Balaban J connectivity index is 2.36. The van der Waals surface area contributed by atoms with E-state index in [1.807, 2.05) is 26.0 Å². The molecule has 0 radical (unpaired) electrons. The number of hydrogen-bond donors (Lipinski definition) is 2. The molecule has 0 spiro atoms. The quantitative estimate of drug-likeness (QED) is 0.581. The standard InChI is InChI=1S/C19H22F2N2O3/c1-4-13-8-9-17(12(2)10-13)26-11-15-14(18(20)21)6-5-7-16(15)23(25)19(24)22-3/h5-10,18,25H,4,11H2,1-3H3,(H,22,24). The molecular weight excluding hydrogens is 342 g/mol. The highest BCUT2D eigenvalue weighted by Crippen LogP contribution is 2.32. The summed E-state index contributed by atoms with van der Waals surface area (Å²) in [5, 5.41) is 12.6.